The van der Waals surface area contributed by atoms with Gasteiger partial charge in [-0.15, -0.1) is 11.3 Å². The third-order valence-corrected chi connectivity index (χ3v) is 5.75. The van der Waals surface area contributed by atoms with E-state index < -0.39 is 0 Å². The molecule has 6 nitrogen and oxygen atoms in total. The Hall–Kier alpha value is -2.90. The first kappa shape index (κ1) is 19.4. The zero-order valence-electron chi connectivity index (χ0n) is 15.5. The van der Waals surface area contributed by atoms with E-state index >= 15 is 0 Å². The monoisotopic (exact) mass is 426 g/mol. The molecule has 1 saturated heterocycles. The minimum Gasteiger partial charge on any atom is -0.368 e. The van der Waals surface area contributed by atoms with E-state index in [1.807, 2.05) is 30.3 Å². The summed E-state index contributed by atoms with van der Waals surface area (Å²) in [5, 5.41) is 5.57. The van der Waals surface area contributed by atoms with Gasteiger partial charge in [0.05, 0.1) is 0 Å². The van der Waals surface area contributed by atoms with E-state index in [1.165, 1.54) is 11.3 Å². The fourth-order valence-corrected chi connectivity index (χ4v) is 3.98. The zero-order chi connectivity index (χ0) is 20.2. The molecule has 1 N–H and O–H groups in total. The van der Waals surface area contributed by atoms with Gasteiger partial charge in [-0.05, 0) is 36.4 Å². The highest BCUT2D eigenvalue weighted by Gasteiger charge is 2.24. The van der Waals surface area contributed by atoms with Gasteiger partial charge in [-0.1, -0.05) is 29.8 Å². The number of thiazole rings is 1. The van der Waals surface area contributed by atoms with Gasteiger partial charge in [-0.3, -0.25) is 14.9 Å². The lowest BCUT2D eigenvalue weighted by atomic mass is 10.2. The van der Waals surface area contributed by atoms with Crippen molar-refractivity contribution in [2.75, 3.05) is 36.4 Å². The van der Waals surface area contributed by atoms with Gasteiger partial charge in [0.15, 0.2) is 5.13 Å². The Labute approximate surface area is 177 Å². The summed E-state index contributed by atoms with van der Waals surface area (Å²) in [7, 11) is 0. The van der Waals surface area contributed by atoms with E-state index in [2.05, 4.69) is 15.2 Å². The zero-order valence-corrected chi connectivity index (χ0v) is 17.1. The van der Waals surface area contributed by atoms with E-state index in [1.54, 1.807) is 34.5 Å². The number of benzene rings is 2. The van der Waals surface area contributed by atoms with Gasteiger partial charge >= 0.3 is 0 Å². The molecule has 1 fully saturated rings. The number of carbonyl (C=O) groups excluding carboxylic acids is 2. The normalized spacial score (nSPS) is 14.0. The van der Waals surface area contributed by atoms with Crippen molar-refractivity contribution >= 4 is 45.6 Å². The first-order valence-electron chi connectivity index (χ1n) is 9.22. The highest BCUT2D eigenvalue weighted by Crippen LogP contribution is 2.21. The van der Waals surface area contributed by atoms with E-state index in [4.69, 9.17) is 11.6 Å². The van der Waals surface area contributed by atoms with E-state index in [9.17, 15) is 9.59 Å². The van der Waals surface area contributed by atoms with E-state index in [0.29, 0.717) is 34.5 Å². The molecule has 0 unspecified atom stereocenters. The van der Waals surface area contributed by atoms with Crippen LogP contribution >= 0.6 is 22.9 Å². The molecule has 1 aromatic heterocycles. The largest absolute Gasteiger partial charge is 0.368 e. The third-order valence-electron chi connectivity index (χ3n) is 4.74. The number of carbonyl (C=O) groups is 2. The lowest BCUT2D eigenvalue weighted by Crippen LogP contribution is -2.48. The molecule has 0 saturated carbocycles. The van der Waals surface area contributed by atoms with Crippen molar-refractivity contribution in [3.05, 3.63) is 76.3 Å². The Morgan fingerprint density at radius 1 is 0.966 bits per heavy atom. The molecule has 0 aliphatic carbocycles. The number of amides is 2. The van der Waals surface area contributed by atoms with Gasteiger partial charge < -0.3 is 9.80 Å². The van der Waals surface area contributed by atoms with Crippen LogP contribution in [0.3, 0.4) is 0 Å². The Bertz CT molecular complexity index is 999. The quantitative estimate of drug-likeness (QED) is 0.684. The first-order chi connectivity index (χ1) is 14.1. The van der Waals surface area contributed by atoms with Crippen LogP contribution in [0.15, 0.2) is 60.0 Å². The molecule has 3 aromatic rings. The van der Waals surface area contributed by atoms with Crippen molar-refractivity contribution < 1.29 is 9.59 Å². The number of rotatable bonds is 4. The average Bonchev–Trinajstić information content (AvgIpc) is 3.23. The third kappa shape index (κ3) is 4.58. The Morgan fingerprint density at radius 3 is 2.34 bits per heavy atom. The van der Waals surface area contributed by atoms with Crippen LogP contribution in [0.1, 0.15) is 20.8 Å². The Morgan fingerprint density at radius 2 is 1.66 bits per heavy atom. The minimum absolute atomic E-state index is 0.114. The highest BCUT2D eigenvalue weighted by molar-refractivity contribution is 7.14. The van der Waals surface area contributed by atoms with Gasteiger partial charge in [0.25, 0.3) is 11.8 Å². The van der Waals surface area contributed by atoms with Gasteiger partial charge in [-0.25, -0.2) is 4.98 Å². The number of anilines is 2. The number of nitrogens with zero attached hydrogens (tertiary/aromatic N) is 3. The number of piperazine rings is 1. The van der Waals surface area contributed by atoms with E-state index in [0.717, 1.165) is 18.8 Å². The summed E-state index contributed by atoms with van der Waals surface area (Å²) in [6.07, 6.45) is 0. The van der Waals surface area contributed by atoms with Crippen molar-refractivity contribution in [2.24, 2.45) is 0 Å². The van der Waals surface area contributed by atoms with Crippen LogP contribution in [0.5, 0.6) is 0 Å². The number of hydrogen-bond acceptors (Lipinski definition) is 5. The van der Waals surface area contributed by atoms with Crippen molar-refractivity contribution in [2.45, 2.75) is 0 Å². The molecule has 2 heterocycles. The maximum absolute atomic E-state index is 12.8. The van der Waals surface area contributed by atoms with Crippen LogP contribution in [0.2, 0.25) is 5.02 Å². The second-order valence-corrected chi connectivity index (χ2v) is 7.91. The summed E-state index contributed by atoms with van der Waals surface area (Å²) in [5.74, 6) is -0.354. The number of halogens is 1. The average molecular weight is 427 g/mol. The van der Waals surface area contributed by atoms with Gasteiger partial charge in [0.2, 0.25) is 0 Å². The SMILES string of the molecule is O=C(Nc1nc(C(=O)N2CCN(c3ccc(Cl)cc3)CC2)cs1)c1ccccc1. The molecule has 0 spiro atoms. The van der Waals surface area contributed by atoms with Crippen LogP contribution in [-0.4, -0.2) is 47.9 Å². The summed E-state index contributed by atoms with van der Waals surface area (Å²) < 4.78 is 0. The van der Waals surface area contributed by atoms with Crippen LogP contribution in [0.25, 0.3) is 0 Å². The van der Waals surface area contributed by atoms with Crippen LogP contribution < -0.4 is 10.2 Å². The van der Waals surface area contributed by atoms with Crippen molar-refractivity contribution in [1.29, 1.82) is 0 Å². The Kier molecular flexibility index (Phi) is 5.78. The second-order valence-electron chi connectivity index (χ2n) is 6.61. The molecule has 148 valence electrons. The minimum atomic E-state index is -0.240. The molecular formula is C21H19ClN4O2S. The lowest BCUT2D eigenvalue weighted by Gasteiger charge is -2.35. The molecule has 1 aliphatic heterocycles. The predicted molar refractivity (Wildman–Crippen MR) is 116 cm³/mol. The van der Waals surface area contributed by atoms with Gasteiger partial charge in [0.1, 0.15) is 5.69 Å². The fraction of sp³-hybridized carbons (Fsp3) is 0.190. The predicted octanol–water partition coefficient (Wildman–Crippen LogP) is 4.01. The molecule has 0 radical (unpaired) electrons. The Balaban J connectivity index is 1.35. The molecule has 0 atom stereocenters. The molecular weight excluding hydrogens is 408 g/mol. The van der Waals surface area contributed by atoms with Gasteiger partial charge in [0, 0.05) is 47.8 Å². The number of nitrogens with one attached hydrogen (secondary N) is 1. The molecule has 2 aromatic carbocycles. The summed E-state index contributed by atoms with van der Waals surface area (Å²) in [4.78, 5) is 33.3. The number of hydrogen-bond donors (Lipinski definition) is 1. The maximum Gasteiger partial charge on any atom is 0.273 e. The van der Waals surface area contributed by atoms with Crippen LogP contribution in [0.4, 0.5) is 10.8 Å². The molecule has 29 heavy (non-hydrogen) atoms. The lowest BCUT2D eigenvalue weighted by molar-refractivity contribution is 0.0741. The maximum atomic E-state index is 12.8. The van der Waals surface area contributed by atoms with Gasteiger partial charge in [-0.2, -0.15) is 0 Å². The molecule has 2 amide bonds. The molecule has 1 aliphatic rings. The second kappa shape index (κ2) is 8.63. The van der Waals surface area contributed by atoms with Crippen LogP contribution in [-0.2, 0) is 0 Å². The smallest absolute Gasteiger partial charge is 0.273 e. The summed E-state index contributed by atoms with van der Waals surface area (Å²) in [6, 6.07) is 16.6. The standard InChI is InChI=1S/C21H19ClN4O2S/c22-16-6-8-17(9-7-16)25-10-12-26(13-11-25)20(28)18-14-29-21(23-18)24-19(27)15-4-2-1-3-5-15/h1-9,14H,10-13H2,(H,23,24,27). The summed E-state index contributed by atoms with van der Waals surface area (Å²) >= 11 is 7.20. The van der Waals surface area contributed by atoms with Crippen molar-refractivity contribution in [1.82, 2.24) is 9.88 Å². The number of aromatic nitrogens is 1. The van der Waals surface area contributed by atoms with Crippen LogP contribution in [0, 0.1) is 0 Å². The fourth-order valence-electron chi connectivity index (χ4n) is 3.17. The molecule has 0 bridgehead atoms. The first-order valence-corrected chi connectivity index (χ1v) is 10.5. The molecule has 4 rings (SSSR count). The topological polar surface area (TPSA) is 65.5 Å². The van der Waals surface area contributed by atoms with E-state index in [-0.39, 0.29) is 11.8 Å². The summed E-state index contributed by atoms with van der Waals surface area (Å²) in [6.45, 7) is 2.72. The highest BCUT2D eigenvalue weighted by atomic mass is 35.5. The molecule has 8 heteroatoms. The van der Waals surface area contributed by atoms with Crippen molar-refractivity contribution in [3.63, 3.8) is 0 Å². The summed E-state index contributed by atoms with van der Waals surface area (Å²) in [5.41, 5.74) is 2.01. The van der Waals surface area contributed by atoms with Crippen molar-refractivity contribution in [3.8, 4) is 0 Å².